The number of pyridine rings is 1. The van der Waals surface area contributed by atoms with Gasteiger partial charge in [0.15, 0.2) is 0 Å². The zero-order valence-electron chi connectivity index (χ0n) is 13.9. The van der Waals surface area contributed by atoms with Crippen molar-refractivity contribution < 1.29 is 14.3 Å². The maximum atomic E-state index is 12.5. The highest BCUT2D eigenvalue weighted by atomic mass is 35.5. The van der Waals surface area contributed by atoms with Crippen molar-refractivity contribution in [3.63, 3.8) is 0 Å². The van der Waals surface area contributed by atoms with Gasteiger partial charge in [0.2, 0.25) is 5.88 Å². The normalized spacial score (nSPS) is 17.8. The number of halogens is 2. The molecule has 6 nitrogen and oxygen atoms in total. The Morgan fingerprint density at radius 1 is 1.31 bits per heavy atom. The molecule has 2 fully saturated rings. The highest BCUT2D eigenvalue weighted by Gasteiger charge is 2.48. The van der Waals surface area contributed by atoms with Crippen molar-refractivity contribution in [1.82, 2.24) is 9.88 Å². The number of benzene rings is 1. The summed E-state index contributed by atoms with van der Waals surface area (Å²) in [7, 11) is 0. The van der Waals surface area contributed by atoms with Crippen LogP contribution in [0, 0.1) is 0 Å². The lowest BCUT2D eigenvalue weighted by Crippen LogP contribution is -2.63. The first-order valence-corrected chi connectivity index (χ1v) is 9.08. The molecule has 8 heteroatoms. The van der Waals surface area contributed by atoms with Gasteiger partial charge >= 0.3 is 6.03 Å². The van der Waals surface area contributed by atoms with Gasteiger partial charge in [-0.3, -0.25) is 0 Å². The standard InChI is InChI=1S/C18H17Cl2N3O3/c19-12-4-5-15(13(20)9-12)26-16-14(3-1-7-21-16)22-17(24)23-10-18(11-23)6-2-8-25-18/h1,3-5,7,9H,2,6,8,10-11H2,(H,22,24). The second-order valence-electron chi connectivity index (χ2n) is 6.45. The van der Waals surface area contributed by atoms with E-state index >= 15 is 0 Å². The molecular weight excluding hydrogens is 377 g/mol. The number of amides is 2. The van der Waals surface area contributed by atoms with Gasteiger partial charge in [-0.1, -0.05) is 23.2 Å². The first kappa shape index (κ1) is 17.4. The van der Waals surface area contributed by atoms with Gasteiger partial charge in [-0.2, -0.15) is 0 Å². The Morgan fingerprint density at radius 2 is 2.15 bits per heavy atom. The second-order valence-corrected chi connectivity index (χ2v) is 7.30. The summed E-state index contributed by atoms with van der Waals surface area (Å²) in [6.45, 7) is 1.99. The molecule has 26 heavy (non-hydrogen) atoms. The van der Waals surface area contributed by atoms with Gasteiger partial charge < -0.3 is 19.7 Å². The molecule has 0 unspecified atom stereocenters. The molecular formula is C18H17Cl2N3O3. The first-order chi connectivity index (χ1) is 12.5. The van der Waals surface area contributed by atoms with Crippen LogP contribution >= 0.6 is 23.2 Å². The van der Waals surface area contributed by atoms with Crippen molar-refractivity contribution in [1.29, 1.82) is 0 Å². The van der Waals surface area contributed by atoms with E-state index in [2.05, 4.69) is 10.3 Å². The van der Waals surface area contributed by atoms with Gasteiger partial charge in [-0.15, -0.1) is 0 Å². The van der Waals surface area contributed by atoms with Gasteiger partial charge in [0.05, 0.1) is 18.1 Å². The van der Waals surface area contributed by atoms with Gasteiger partial charge in [0, 0.05) is 17.8 Å². The third-order valence-electron chi connectivity index (χ3n) is 4.54. The van der Waals surface area contributed by atoms with Crippen molar-refractivity contribution in [2.45, 2.75) is 18.4 Å². The van der Waals surface area contributed by atoms with Gasteiger partial charge in [-0.25, -0.2) is 9.78 Å². The lowest BCUT2D eigenvalue weighted by atomic mass is 9.91. The fourth-order valence-corrected chi connectivity index (χ4v) is 3.67. The lowest BCUT2D eigenvalue weighted by molar-refractivity contribution is -0.0893. The van der Waals surface area contributed by atoms with E-state index in [4.69, 9.17) is 32.7 Å². The van der Waals surface area contributed by atoms with Crippen LogP contribution in [0.5, 0.6) is 11.6 Å². The Hall–Kier alpha value is -2.02. The smallest absolute Gasteiger partial charge is 0.322 e. The summed E-state index contributed by atoms with van der Waals surface area (Å²) in [5.74, 6) is 0.671. The number of hydrogen-bond donors (Lipinski definition) is 1. The molecule has 0 saturated carbocycles. The minimum Gasteiger partial charge on any atom is -0.435 e. The van der Waals surface area contributed by atoms with Crippen LogP contribution in [0.4, 0.5) is 10.5 Å². The van der Waals surface area contributed by atoms with E-state index in [1.165, 1.54) is 0 Å². The van der Waals surface area contributed by atoms with Crippen molar-refractivity contribution in [3.05, 3.63) is 46.6 Å². The number of hydrogen-bond acceptors (Lipinski definition) is 4. The van der Waals surface area contributed by atoms with E-state index < -0.39 is 0 Å². The first-order valence-electron chi connectivity index (χ1n) is 8.33. The molecule has 0 bridgehead atoms. The topological polar surface area (TPSA) is 63.7 Å². The molecule has 136 valence electrons. The van der Waals surface area contributed by atoms with Crippen molar-refractivity contribution >= 4 is 34.9 Å². The molecule has 2 amide bonds. The number of anilines is 1. The molecule has 2 saturated heterocycles. The van der Waals surface area contributed by atoms with Crippen molar-refractivity contribution in [2.75, 3.05) is 25.0 Å². The largest absolute Gasteiger partial charge is 0.435 e. The molecule has 1 N–H and O–H groups in total. The number of rotatable bonds is 3. The molecule has 0 aliphatic carbocycles. The Labute approximate surface area is 161 Å². The van der Waals surface area contributed by atoms with E-state index in [1.54, 1.807) is 41.4 Å². The molecule has 4 rings (SSSR count). The van der Waals surface area contributed by atoms with Crippen LogP contribution in [0.15, 0.2) is 36.5 Å². The third-order valence-corrected chi connectivity index (χ3v) is 5.07. The second kappa shape index (κ2) is 6.95. The Kier molecular flexibility index (Phi) is 4.65. The zero-order valence-corrected chi connectivity index (χ0v) is 15.4. The Bertz CT molecular complexity index is 832. The molecule has 2 aromatic rings. The van der Waals surface area contributed by atoms with E-state index in [-0.39, 0.29) is 17.5 Å². The number of urea groups is 1. The maximum absolute atomic E-state index is 12.5. The SMILES string of the molecule is O=C(Nc1cccnc1Oc1ccc(Cl)cc1Cl)N1CC2(CCCO2)C1. The number of nitrogens with zero attached hydrogens (tertiary/aromatic N) is 2. The average Bonchev–Trinajstić information content (AvgIpc) is 3.08. The van der Waals surface area contributed by atoms with E-state index in [0.717, 1.165) is 19.4 Å². The number of carbonyl (C=O) groups is 1. The maximum Gasteiger partial charge on any atom is 0.322 e. The summed E-state index contributed by atoms with van der Waals surface area (Å²) >= 11 is 12.0. The molecule has 1 aromatic heterocycles. The fourth-order valence-electron chi connectivity index (χ4n) is 3.22. The number of ether oxygens (including phenoxy) is 2. The van der Waals surface area contributed by atoms with Crippen molar-refractivity contribution in [2.24, 2.45) is 0 Å². The van der Waals surface area contributed by atoms with Gasteiger partial charge in [0.1, 0.15) is 17.0 Å². The van der Waals surface area contributed by atoms with Crippen LogP contribution in [0.3, 0.4) is 0 Å². The highest BCUT2D eigenvalue weighted by molar-refractivity contribution is 6.35. The number of likely N-dealkylation sites (tertiary alicyclic amines) is 1. The highest BCUT2D eigenvalue weighted by Crippen LogP contribution is 2.36. The summed E-state index contributed by atoms with van der Waals surface area (Å²) < 4.78 is 11.5. The zero-order chi connectivity index (χ0) is 18.1. The van der Waals surface area contributed by atoms with Crippen LogP contribution in [0.1, 0.15) is 12.8 Å². The Balaban J connectivity index is 1.45. The predicted molar refractivity (Wildman–Crippen MR) is 99.3 cm³/mol. The molecule has 0 radical (unpaired) electrons. The number of aromatic nitrogens is 1. The summed E-state index contributed by atoms with van der Waals surface area (Å²) in [6.07, 6.45) is 3.64. The van der Waals surface area contributed by atoms with Crippen LogP contribution in [-0.4, -0.2) is 41.2 Å². The quantitative estimate of drug-likeness (QED) is 0.828. The van der Waals surface area contributed by atoms with Gasteiger partial charge in [0.25, 0.3) is 0 Å². The summed E-state index contributed by atoms with van der Waals surface area (Å²) in [4.78, 5) is 18.4. The fraction of sp³-hybridized carbons (Fsp3) is 0.333. The molecule has 3 heterocycles. The van der Waals surface area contributed by atoms with E-state index in [1.807, 2.05) is 0 Å². The summed E-state index contributed by atoms with van der Waals surface area (Å²) in [6, 6.07) is 8.16. The summed E-state index contributed by atoms with van der Waals surface area (Å²) in [5, 5.41) is 3.72. The average molecular weight is 394 g/mol. The Morgan fingerprint density at radius 3 is 2.88 bits per heavy atom. The lowest BCUT2D eigenvalue weighted by Gasteiger charge is -2.46. The monoisotopic (exact) mass is 393 g/mol. The number of nitrogens with one attached hydrogen (secondary N) is 1. The van der Waals surface area contributed by atoms with Crippen LogP contribution < -0.4 is 10.1 Å². The predicted octanol–water partition coefficient (Wildman–Crippen LogP) is 4.58. The molecule has 2 aliphatic heterocycles. The van der Waals surface area contributed by atoms with Crippen LogP contribution in [0.2, 0.25) is 10.0 Å². The van der Waals surface area contributed by atoms with Crippen LogP contribution in [-0.2, 0) is 4.74 Å². The molecule has 2 aliphatic rings. The van der Waals surface area contributed by atoms with E-state index in [0.29, 0.717) is 34.6 Å². The molecule has 0 atom stereocenters. The third kappa shape index (κ3) is 3.45. The minimum atomic E-state index is -0.203. The number of carbonyl (C=O) groups excluding carboxylic acids is 1. The van der Waals surface area contributed by atoms with Crippen molar-refractivity contribution in [3.8, 4) is 11.6 Å². The molecule has 1 spiro atoms. The van der Waals surface area contributed by atoms with E-state index in [9.17, 15) is 4.79 Å². The van der Waals surface area contributed by atoms with Gasteiger partial charge in [-0.05, 0) is 43.2 Å². The minimum absolute atomic E-state index is 0.136. The van der Waals surface area contributed by atoms with Crippen LogP contribution in [0.25, 0.3) is 0 Å². The summed E-state index contributed by atoms with van der Waals surface area (Å²) in [5.41, 5.74) is 0.333. The molecule has 1 aromatic carbocycles.